The highest BCUT2D eigenvalue weighted by Gasteiger charge is 2.32. The maximum Gasteiger partial charge on any atom is 0.338 e. The second-order valence-electron chi connectivity index (χ2n) is 10.4. The van der Waals surface area contributed by atoms with E-state index in [1.54, 1.807) is 31.2 Å². The second-order valence-corrected chi connectivity index (χ2v) is 10.4. The molecule has 6 heteroatoms. The third-order valence-electron chi connectivity index (χ3n) is 7.87. The minimum absolute atomic E-state index is 0.123. The zero-order valence-corrected chi connectivity index (χ0v) is 23.2. The number of nitrogens with zero attached hydrogens (tertiary/aromatic N) is 1. The number of anilines is 1. The van der Waals surface area contributed by atoms with Crippen LogP contribution in [0.3, 0.4) is 0 Å². The highest BCUT2D eigenvalue weighted by molar-refractivity contribution is 5.92. The summed E-state index contributed by atoms with van der Waals surface area (Å²) >= 11 is 0. The number of nitrogens with one attached hydrogen (secondary N) is 2. The van der Waals surface area contributed by atoms with E-state index in [1.807, 2.05) is 4.90 Å². The molecule has 5 rings (SSSR count). The van der Waals surface area contributed by atoms with Crippen molar-refractivity contribution < 1.29 is 14.3 Å². The molecule has 4 aromatic rings. The number of esters is 1. The summed E-state index contributed by atoms with van der Waals surface area (Å²) in [7, 11) is 0. The van der Waals surface area contributed by atoms with Gasteiger partial charge in [-0.15, -0.1) is 0 Å². The van der Waals surface area contributed by atoms with Crippen LogP contribution < -0.4 is 10.6 Å². The number of hydrogen-bond donors (Lipinski definition) is 2. The molecule has 1 saturated heterocycles. The summed E-state index contributed by atoms with van der Waals surface area (Å²) in [6.45, 7) is 6.45. The van der Waals surface area contributed by atoms with Gasteiger partial charge in [0.15, 0.2) is 0 Å². The lowest BCUT2D eigenvalue weighted by Gasteiger charge is -2.39. The number of urea groups is 1. The fraction of sp³-hybridized carbons (Fsp3) is 0.294. The highest BCUT2D eigenvalue weighted by atomic mass is 16.5. The van der Waals surface area contributed by atoms with Gasteiger partial charge in [0.1, 0.15) is 0 Å². The molecule has 2 amide bonds. The van der Waals surface area contributed by atoms with Gasteiger partial charge in [-0.1, -0.05) is 72.8 Å². The maximum atomic E-state index is 13.3. The average Bonchev–Trinajstić information content (AvgIpc) is 3.00. The molecule has 206 valence electrons. The van der Waals surface area contributed by atoms with Crippen LogP contribution in [-0.4, -0.2) is 43.1 Å². The van der Waals surface area contributed by atoms with E-state index in [1.165, 1.54) is 21.9 Å². The largest absolute Gasteiger partial charge is 0.462 e. The predicted octanol–water partition coefficient (Wildman–Crippen LogP) is 7.00. The Hall–Kier alpha value is -4.16. The lowest BCUT2D eigenvalue weighted by molar-refractivity contribution is 0.0526. The number of rotatable bonds is 8. The predicted molar refractivity (Wildman–Crippen MR) is 161 cm³/mol. The Bertz CT molecular complexity index is 1430. The van der Waals surface area contributed by atoms with Gasteiger partial charge in [0.25, 0.3) is 0 Å². The van der Waals surface area contributed by atoms with E-state index in [0.29, 0.717) is 36.9 Å². The maximum absolute atomic E-state index is 13.3. The first kappa shape index (κ1) is 27.4. The summed E-state index contributed by atoms with van der Waals surface area (Å²) in [6.07, 6.45) is 0.897. The number of carbonyl (C=O) groups excluding carboxylic acids is 2. The lowest BCUT2D eigenvalue weighted by atomic mass is 9.80. The molecule has 2 unspecified atom stereocenters. The second kappa shape index (κ2) is 12.8. The summed E-state index contributed by atoms with van der Waals surface area (Å²) in [6, 6.07) is 32.5. The van der Waals surface area contributed by atoms with Gasteiger partial charge < -0.3 is 20.3 Å². The Morgan fingerprint density at radius 1 is 0.925 bits per heavy atom. The normalized spacial score (nSPS) is 17.8. The number of fused-ring (bicyclic) bond motifs is 1. The number of hydrogen-bond acceptors (Lipinski definition) is 4. The van der Waals surface area contributed by atoms with Crippen molar-refractivity contribution in [2.45, 2.75) is 32.2 Å². The number of benzene rings is 4. The summed E-state index contributed by atoms with van der Waals surface area (Å²) in [5, 5.41) is 9.31. The highest BCUT2D eigenvalue weighted by Crippen LogP contribution is 2.34. The summed E-state index contributed by atoms with van der Waals surface area (Å²) < 4.78 is 5.05. The molecule has 4 aromatic carbocycles. The van der Waals surface area contributed by atoms with Crippen molar-refractivity contribution in [1.82, 2.24) is 10.2 Å². The summed E-state index contributed by atoms with van der Waals surface area (Å²) in [5.41, 5.74) is 3.73. The molecule has 1 heterocycles. The molecule has 1 fully saturated rings. The Morgan fingerprint density at radius 3 is 2.42 bits per heavy atom. The SMILES string of the molecule is CCOC(=O)c1ccc(NC(=O)N2CCC(c3ccccc3)C(CN[C@H](C)c3cccc4ccccc34)C2)cc1. The molecule has 0 aromatic heterocycles. The zero-order chi connectivity index (χ0) is 27.9. The van der Waals surface area contributed by atoms with E-state index in [2.05, 4.69) is 90.4 Å². The topological polar surface area (TPSA) is 70.7 Å². The fourth-order valence-electron chi connectivity index (χ4n) is 5.74. The lowest BCUT2D eigenvalue weighted by Crippen LogP contribution is -2.47. The minimum Gasteiger partial charge on any atom is -0.462 e. The van der Waals surface area contributed by atoms with Crippen molar-refractivity contribution in [2.24, 2.45) is 5.92 Å². The van der Waals surface area contributed by atoms with E-state index in [-0.39, 0.29) is 24.0 Å². The van der Waals surface area contributed by atoms with Crippen molar-refractivity contribution in [3.05, 3.63) is 114 Å². The third-order valence-corrected chi connectivity index (χ3v) is 7.87. The number of amides is 2. The standard InChI is InChI=1S/C34H37N3O3/c1-3-40-33(38)27-16-18-29(19-17-27)36-34(39)37-21-20-31(25-10-5-4-6-11-25)28(23-37)22-35-24(2)30-15-9-13-26-12-7-8-14-32(26)30/h4-19,24,28,31,35H,3,20-23H2,1-2H3,(H,36,39)/t24-,28?,31?/m1/s1. The molecule has 0 radical (unpaired) electrons. The van der Waals surface area contributed by atoms with Gasteiger partial charge in [-0.05, 0) is 78.3 Å². The number of carbonyl (C=O) groups is 2. The molecular formula is C34H37N3O3. The van der Waals surface area contributed by atoms with Crippen LogP contribution in [0, 0.1) is 5.92 Å². The summed E-state index contributed by atoms with van der Waals surface area (Å²) in [4.78, 5) is 27.1. The van der Waals surface area contributed by atoms with Crippen LogP contribution in [0.15, 0.2) is 97.1 Å². The molecular weight excluding hydrogens is 498 g/mol. The van der Waals surface area contributed by atoms with Crippen molar-refractivity contribution in [2.75, 3.05) is 31.6 Å². The van der Waals surface area contributed by atoms with Gasteiger partial charge in [-0.25, -0.2) is 9.59 Å². The molecule has 0 bridgehead atoms. The fourth-order valence-corrected chi connectivity index (χ4v) is 5.74. The van der Waals surface area contributed by atoms with Crippen molar-refractivity contribution in [3.8, 4) is 0 Å². The molecule has 0 spiro atoms. The molecule has 3 atom stereocenters. The first-order valence-electron chi connectivity index (χ1n) is 14.1. The van der Waals surface area contributed by atoms with Gasteiger partial charge in [0, 0.05) is 31.4 Å². The molecule has 2 N–H and O–H groups in total. The molecule has 1 aliphatic heterocycles. The number of ether oxygens (including phenoxy) is 1. The van der Waals surface area contributed by atoms with Gasteiger partial charge in [-0.2, -0.15) is 0 Å². The van der Waals surface area contributed by atoms with Crippen LogP contribution in [0.2, 0.25) is 0 Å². The first-order valence-corrected chi connectivity index (χ1v) is 14.1. The Labute approximate surface area is 236 Å². The monoisotopic (exact) mass is 535 g/mol. The molecule has 0 saturated carbocycles. The van der Waals surface area contributed by atoms with Crippen LogP contribution in [0.5, 0.6) is 0 Å². The molecule has 40 heavy (non-hydrogen) atoms. The van der Waals surface area contributed by atoms with Crippen LogP contribution >= 0.6 is 0 Å². The zero-order valence-electron chi connectivity index (χ0n) is 23.2. The van der Waals surface area contributed by atoms with Gasteiger partial charge >= 0.3 is 12.0 Å². The smallest absolute Gasteiger partial charge is 0.338 e. The Balaban J connectivity index is 1.28. The molecule has 6 nitrogen and oxygen atoms in total. The van der Waals surface area contributed by atoms with Crippen molar-refractivity contribution >= 4 is 28.5 Å². The van der Waals surface area contributed by atoms with Crippen LogP contribution in [0.25, 0.3) is 10.8 Å². The average molecular weight is 536 g/mol. The van der Waals surface area contributed by atoms with Gasteiger partial charge in [0.05, 0.1) is 12.2 Å². The number of piperidine rings is 1. The van der Waals surface area contributed by atoms with Crippen LogP contribution in [0.4, 0.5) is 10.5 Å². The summed E-state index contributed by atoms with van der Waals surface area (Å²) in [5.74, 6) is 0.253. The van der Waals surface area contributed by atoms with Crippen molar-refractivity contribution in [3.63, 3.8) is 0 Å². The van der Waals surface area contributed by atoms with E-state index in [0.717, 1.165) is 13.0 Å². The van der Waals surface area contributed by atoms with Gasteiger partial charge in [-0.3, -0.25) is 0 Å². The molecule has 0 aliphatic carbocycles. The van der Waals surface area contributed by atoms with Crippen LogP contribution in [-0.2, 0) is 4.74 Å². The van der Waals surface area contributed by atoms with E-state index < -0.39 is 0 Å². The quantitative estimate of drug-likeness (QED) is 0.238. The number of likely N-dealkylation sites (tertiary alicyclic amines) is 1. The minimum atomic E-state index is -0.364. The first-order chi connectivity index (χ1) is 19.5. The third kappa shape index (κ3) is 6.35. The Kier molecular flexibility index (Phi) is 8.77. The Morgan fingerprint density at radius 2 is 1.65 bits per heavy atom. The van der Waals surface area contributed by atoms with E-state index >= 15 is 0 Å². The van der Waals surface area contributed by atoms with E-state index in [4.69, 9.17) is 4.74 Å². The van der Waals surface area contributed by atoms with E-state index in [9.17, 15) is 9.59 Å². The molecule has 1 aliphatic rings. The van der Waals surface area contributed by atoms with Crippen molar-refractivity contribution in [1.29, 1.82) is 0 Å². The van der Waals surface area contributed by atoms with Gasteiger partial charge in [0.2, 0.25) is 0 Å². The van der Waals surface area contributed by atoms with Crippen LogP contribution in [0.1, 0.15) is 53.7 Å².